The van der Waals surface area contributed by atoms with Crippen LogP contribution >= 0.6 is 0 Å². The Balaban J connectivity index is 0. The summed E-state index contributed by atoms with van der Waals surface area (Å²) in [5.41, 5.74) is 0. The highest BCUT2D eigenvalue weighted by molar-refractivity contribution is 7.81. The molecule has 14 heteroatoms. The molecule has 0 spiro atoms. The van der Waals surface area contributed by atoms with Crippen LogP contribution in [0.25, 0.3) is 0 Å². The van der Waals surface area contributed by atoms with Crippen LogP contribution in [-0.4, -0.2) is 25.9 Å². The fourth-order valence-electron chi connectivity index (χ4n) is 0.0769. The van der Waals surface area contributed by atoms with Crippen LogP contribution in [0.4, 0.5) is 0 Å². The van der Waals surface area contributed by atoms with Crippen molar-refractivity contribution in [3.8, 4) is 0 Å². The third kappa shape index (κ3) is 22.4. The van der Waals surface area contributed by atoms with Gasteiger partial charge in [-0.1, -0.05) is 0 Å². The van der Waals surface area contributed by atoms with Crippen molar-refractivity contribution in [2.24, 2.45) is 10.7 Å². The molecule has 0 aromatic carbocycles. The molecule has 0 aromatic rings. The van der Waals surface area contributed by atoms with Gasteiger partial charge in [-0.3, -0.25) is 9.11 Å². The van der Waals surface area contributed by atoms with E-state index in [2.05, 4.69) is 8.57 Å². The monoisotopic (exact) mass is 254 g/mol. The van der Waals surface area contributed by atoms with Crippen LogP contribution in [0.5, 0.6) is 0 Å². The molecular weight excluding hydrogens is 252 g/mol. The molecule has 0 amide bonds. The Morgan fingerprint density at radius 3 is 1.00 bits per heavy atom. The number of hydrogen-bond acceptors (Lipinski definition) is 10. The molecule has 0 atom stereocenters. The van der Waals surface area contributed by atoms with Gasteiger partial charge in [-0.25, -0.2) is 8.57 Å². The minimum atomic E-state index is -4.65. The Morgan fingerprint density at radius 1 is 0.786 bits per heavy atom. The molecular formula is H2N2O10S2. The first-order valence-corrected chi connectivity index (χ1v) is 4.83. The van der Waals surface area contributed by atoms with Crippen LogP contribution in [0.15, 0.2) is 10.7 Å². The molecule has 0 fully saturated rings. The van der Waals surface area contributed by atoms with E-state index in [0.29, 0.717) is 0 Å². The van der Waals surface area contributed by atoms with E-state index in [9.17, 15) is 16.8 Å². The van der Waals surface area contributed by atoms with Crippen molar-refractivity contribution in [2.45, 2.75) is 0 Å². The van der Waals surface area contributed by atoms with Gasteiger partial charge in [-0.15, -0.1) is 9.81 Å². The van der Waals surface area contributed by atoms with E-state index in [1.54, 1.807) is 0 Å². The summed E-state index contributed by atoms with van der Waals surface area (Å²) in [5, 5.41) is 2.84. The van der Waals surface area contributed by atoms with E-state index in [4.69, 9.17) is 18.9 Å². The molecule has 0 radical (unpaired) electrons. The average Bonchev–Trinajstić information content (AvgIpc) is 1.81. The van der Waals surface area contributed by atoms with Crippen molar-refractivity contribution >= 4 is 20.8 Å². The first-order chi connectivity index (χ1) is 6.12. The van der Waals surface area contributed by atoms with Crippen molar-refractivity contribution in [1.29, 1.82) is 0 Å². The maximum absolute atomic E-state index is 9.27. The van der Waals surface area contributed by atoms with Crippen LogP contribution in [-0.2, 0) is 29.4 Å². The quantitative estimate of drug-likeness (QED) is 0.356. The lowest BCUT2D eigenvalue weighted by Gasteiger charge is -1.80. The number of rotatable bonds is 4. The minimum Gasteiger partial charge on any atom is -0.253 e. The van der Waals surface area contributed by atoms with Crippen molar-refractivity contribution in [3.63, 3.8) is 0 Å². The summed E-state index contributed by atoms with van der Waals surface area (Å²) in [6.07, 6.45) is 0. The summed E-state index contributed by atoms with van der Waals surface area (Å²) >= 11 is 0. The van der Waals surface area contributed by atoms with Gasteiger partial charge in [0.15, 0.2) is 10.7 Å². The molecule has 0 unspecified atom stereocenters. The summed E-state index contributed by atoms with van der Waals surface area (Å²) in [7, 11) is -9.31. The van der Waals surface area contributed by atoms with Gasteiger partial charge in [0.05, 0.1) is 0 Å². The molecule has 0 aromatic heterocycles. The molecule has 0 aliphatic heterocycles. The third-order valence-corrected chi connectivity index (χ3v) is 0.748. The van der Waals surface area contributed by atoms with Crippen molar-refractivity contribution in [1.82, 2.24) is 0 Å². The zero-order chi connectivity index (χ0) is 11.8. The highest BCUT2D eigenvalue weighted by Gasteiger charge is 2.01. The van der Waals surface area contributed by atoms with Crippen LogP contribution in [0.2, 0.25) is 0 Å². The number of hydrogen-bond donors (Lipinski definition) is 2. The predicted molar refractivity (Wildman–Crippen MR) is 36.9 cm³/mol. The van der Waals surface area contributed by atoms with Gasteiger partial charge < -0.3 is 0 Å². The van der Waals surface area contributed by atoms with Crippen LogP contribution in [0.3, 0.4) is 0 Å². The fraction of sp³-hybridized carbons (Fsp3) is 0. The van der Waals surface area contributed by atoms with Crippen molar-refractivity contribution in [2.75, 3.05) is 0 Å². The summed E-state index contributed by atoms with van der Waals surface area (Å²) < 4.78 is 57.7. The molecule has 0 aliphatic rings. The molecule has 0 saturated heterocycles. The zero-order valence-corrected chi connectivity index (χ0v) is 7.50. The normalized spacial score (nSPS) is 10.4. The van der Waals surface area contributed by atoms with Crippen LogP contribution < -0.4 is 0 Å². The van der Waals surface area contributed by atoms with E-state index >= 15 is 0 Å². The van der Waals surface area contributed by atoms with Crippen LogP contribution in [0.1, 0.15) is 0 Å². The summed E-state index contributed by atoms with van der Waals surface area (Å²) in [6, 6.07) is 0. The highest BCUT2D eigenvalue weighted by Crippen LogP contribution is 1.82. The zero-order valence-electron chi connectivity index (χ0n) is 5.87. The van der Waals surface area contributed by atoms with Gasteiger partial charge in [-0.05, 0) is 0 Å². The second-order valence-electron chi connectivity index (χ2n) is 1.15. The SMILES string of the molecule is O=NOS(=O)(=O)O.O=NOS(=O)(=O)O. The Kier molecular flexibility index (Phi) is 6.62. The van der Waals surface area contributed by atoms with Crippen molar-refractivity contribution < 1.29 is 34.5 Å². The molecule has 0 aliphatic carbocycles. The fourth-order valence-corrected chi connectivity index (χ4v) is 0.231. The molecule has 0 bridgehead atoms. The highest BCUT2D eigenvalue weighted by atomic mass is 32.3. The van der Waals surface area contributed by atoms with Gasteiger partial charge in [0, 0.05) is 0 Å². The molecule has 2 N–H and O–H groups in total. The van der Waals surface area contributed by atoms with E-state index in [-0.39, 0.29) is 0 Å². The van der Waals surface area contributed by atoms with E-state index in [0.717, 1.165) is 0 Å². The first kappa shape index (κ1) is 15.1. The van der Waals surface area contributed by atoms with E-state index < -0.39 is 20.8 Å². The number of nitrogens with zero attached hydrogens (tertiary/aromatic N) is 2. The predicted octanol–water partition coefficient (Wildman–Crippen LogP) is -1.03. The van der Waals surface area contributed by atoms with Gasteiger partial charge in [0.25, 0.3) is 0 Å². The summed E-state index contributed by atoms with van der Waals surface area (Å²) in [5.74, 6) is 0. The molecule has 84 valence electrons. The molecule has 0 heterocycles. The van der Waals surface area contributed by atoms with E-state index in [1.165, 1.54) is 10.7 Å². The Morgan fingerprint density at radius 2 is 1.00 bits per heavy atom. The Hall–Kier alpha value is -1.38. The molecule has 0 saturated carbocycles. The smallest absolute Gasteiger partial charge is 0.253 e. The van der Waals surface area contributed by atoms with Gasteiger partial charge in [0.2, 0.25) is 0 Å². The third-order valence-electron chi connectivity index (χ3n) is 0.249. The lowest BCUT2D eigenvalue weighted by Crippen LogP contribution is -1.95. The Bertz CT molecular complexity index is 321. The van der Waals surface area contributed by atoms with Crippen LogP contribution in [0, 0.1) is 9.81 Å². The topological polar surface area (TPSA) is 186 Å². The Labute approximate surface area is 76.6 Å². The van der Waals surface area contributed by atoms with Gasteiger partial charge in [-0.2, -0.15) is 16.8 Å². The largest absolute Gasteiger partial charge is 0.468 e. The van der Waals surface area contributed by atoms with E-state index in [1.807, 2.05) is 0 Å². The second-order valence-corrected chi connectivity index (χ2v) is 3.16. The maximum Gasteiger partial charge on any atom is 0.468 e. The summed E-state index contributed by atoms with van der Waals surface area (Å²) in [6.45, 7) is 0. The average molecular weight is 254 g/mol. The molecule has 14 heavy (non-hydrogen) atoms. The van der Waals surface area contributed by atoms with Crippen molar-refractivity contribution in [3.05, 3.63) is 9.81 Å². The standard InChI is InChI=1S/2HNO5S/c2*2-1-6-7(3,4)5/h2*(H,3,4,5). The molecule has 0 rings (SSSR count). The van der Waals surface area contributed by atoms with Gasteiger partial charge in [0.1, 0.15) is 0 Å². The minimum absolute atomic E-state index is 1.42. The lowest BCUT2D eigenvalue weighted by atomic mass is 13.4. The maximum atomic E-state index is 9.27. The van der Waals surface area contributed by atoms with Gasteiger partial charge >= 0.3 is 20.8 Å². The second kappa shape index (κ2) is 6.13. The molecule has 12 nitrogen and oxygen atoms in total. The lowest BCUT2D eigenvalue weighted by molar-refractivity contribution is 0.277. The first-order valence-electron chi connectivity index (χ1n) is 2.10. The summed E-state index contributed by atoms with van der Waals surface area (Å²) in [4.78, 5) is 17.6.